The third-order valence-corrected chi connectivity index (χ3v) is 4.50. The number of aromatic nitrogens is 1. The van der Waals surface area contributed by atoms with Crippen LogP contribution < -0.4 is 19.5 Å². The molecule has 0 radical (unpaired) electrons. The summed E-state index contributed by atoms with van der Waals surface area (Å²) in [6.07, 6.45) is 0. The fourth-order valence-corrected chi connectivity index (χ4v) is 3.23. The maximum Gasteiger partial charge on any atom is 0.257 e. The van der Waals surface area contributed by atoms with Crippen molar-refractivity contribution >= 4 is 34.9 Å². The van der Waals surface area contributed by atoms with Crippen molar-refractivity contribution in [1.82, 2.24) is 4.98 Å². The summed E-state index contributed by atoms with van der Waals surface area (Å²) in [6.45, 7) is 3.94. The smallest absolute Gasteiger partial charge is 0.257 e. The van der Waals surface area contributed by atoms with Crippen molar-refractivity contribution in [3.05, 3.63) is 53.2 Å². The van der Waals surface area contributed by atoms with E-state index in [2.05, 4.69) is 10.3 Å². The molecule has 0 aliphatic carbocycles. The van der Waals surface area contributed by atoms with E-state index in [9.17, 15) is 4.79 Å². The number of carbonyl (C=O) groups is 1. The molecule has 0 saturated carbocycles. The van der Waals surface area contributed by atoms with Gasteiger partial charge in [-0.1, -0.05) is 12.1 Å². The van der Waals surface area contributed by atoms with Crippen LogP contribution >= 0.6 is 12.4 Å². The SMILES string of the molecule is COc1ccccc1NC(=O)c1c(C)nc2cc3c(cc2c1C)OCO3.Cl. The Hall–Kier alpha value is -2.99. The van der Waals surface area contributed by atoms with E-state index in [1.807, 2.05) is 38.1 Å². The highest BCUT2D eigenvalue weighted by molar-refractivity contribution is 6.09. The molecule has 3 aromatic rings. The van der Waals surface area contributed by atoms with Crippen LogP contribution in [0.15, 0.2) is 36.4 Å². The van der Waals surface area contributed by atoms with Gasteiger partial charge in [-0.15, -0.1) is 12.4 Å². The molecule has 1 amide bonds. The Morgan fingerprint density at radius 3 is 2.59 bits per heavy atom. The summed E-state index contributed by atoms with van der Waals surface area (Å²) in [7, 11) is 1.57. The minimum Gasteiger partial charge on any atom is -0.495 e. The van der Waals surface area contributed by atoms with Gasteiger partial charge in [0.1, 0.15) is 5.75 Å². The van der Waals surface area contributed by atoms with Crippen LogP contribution in [0, 0.1) is 13.8 Å². The molecule has 1 aromatic heterocycles. The Labute approximate surface area is 162 Å². The van der Waals surface area contributed by atoms with Gasteiger partial charge < -0.3 is 19.5 Å². The van der Waals surface area contributed by atoms with Crippen LogP contribution in [0.2, 0.25) is 0 Å². The van der Waals surface area contributed by atoms with Gasteiger partial charge in [0.05, 0.1) is 29.6 Å². The first-order valence-electron chi connectivity index (χ1n) is 8.23. The number of halogens is 1. The summed E-state index contributed by atoms with van der Waals surface area (Å²) in [5, 5.41) is 3.78. The predicted molar refractivity (Wildman–Crippen MR) is 106 cm³/mol. The van der Waals surface area contributed by atoms with E-state index >= 15 is 0 Å². The highest BCUT2D eigenvalue weighted by Crippen LogP contribution is 2.37. The fraction of sp³-hybridized carbons (Fsp3) is 0.200. The first-order valence-corrected chi connectivity index (χ1v) is 8.23. The number of benzene rings is 2. The van der Waals surface area contributed by atoms with Crippen LogP contribution in [0.4, 0.5) is 5.69 Å². The molecule has 0 saturated heterocycles. The molecule has 0 unspecified atom stereocenters. The van der Waals surface area contributed by atoms with Gasteiger partial charge in [0.25, 0.3) is 5.91 Å². The van der Waals surface area contributed by atoms with Gasteiger partial charge in [0.15, 0.2) is 11.5 Å². The highest BCUT2D eigenvalue weighted by Gasteiger charge is 2.21. The molecule has 2 aromatic carbocycles. The molecule has 140 valence electrons. The average Bonchev–Trinajstić information content (AvgIpc) is 3.08. The number of ether oxygens (including phenoxy) is 3. The molecule has 6 nitrogen and oxygen atoms in total. The summed E-state index contributed by atoms with van der Waals surface area (Å²) < 4.78 is 16.2. The lowest BCUT2D eigenvalue weighted by Crippen LogP contribution is -2.16. The summed E-state index contributed by atoms with van der Waals surface area (Å²) in [4.78, 5) is 17.5. The number of aryl methyl sites for hydroxylation is 2. The second-order valence-electron chi connectivity index (χ2n) is 6.07. The number of hydrogen-bond acceptors (Lipinski definition) is 5. The Bertz CT molecular complexity index is 1040. The monoisotopic (exact) mass is 386 g/mol. The molecule has 1 N–H and O–H groups in total. The van der Waals surface area contributed by atoms with Crippen LogP contribution in [-0.2, 0) is 0 Å². The van der Waals surface area contributed by atoms with E-state index in [0.29, 0.717) is 34.2 Å². The first-order chi connectivity index (χ1) is 12.6. The molecule has 0 spiro atoms. The molecular formula is C20H19ClN2O4. The summed E-state index contributed by atoms with van der Waals surface area (Å²) in [5.74, 6) is 1.72. The molecule has 0 atom stereocenters. The fourth-order valence-electron chi connectivity index (χ4n) is 3.23. The van der Waals surface area contributed by atoms with Crippen LogP contribution in [0.25, 0.3) is 10.9 Å². The third-order valence-electron chi connectivity index (χ3n) is 4.50. The van der Waals surface area contributed by atoms with Gasteiger partial charge in [-0.05, 0) is 37.6 Å². The maximum atomic E-state index is 12.9. The van der Waals surface area contributed by atoms with Gasteiger partial charge in [-0.3, -0.25) is 9.78 Å². The number of methoxy groups -OCH3 is 1. The maximum absolute atomic E-state index is 12.9. The van der Waals surface area contributed by atoms with Gasteiger partial charge in [0.2, 0.25) is 6.79 Å². The van der Waals surface area contributed by atoms with E-state index in [0.717, 1.165) is 16.5 Å². The minimum absolute atomic E-state index is 0. The Morgan fingerprint density at radius 2 is 1.85 bits per heavy atom. The van der Waals surface area contributed by atoms with Crippen LogP contribution in [0.1, 0.15) is 21.6 Å². The molecule has 4 rings (SSSR count). The van der Waals surface area contributed by atoms with E-state index in [1.54, 1.807) is 19.2 Å². The largest absolute Gasteiger partial charge is 0.495 e. The third kappa shape index (κ3) is 3.24. The lowest BCUT2D eigenvalue weighted by molar-refractivity contribution is 0.102. The van der Waals surface area contributed by atoms with Crippen molar-refractivity contribution in [3.8, 4) is 17.2 Å². The van der Waals surface area contributed by atoms with Crippen molar-refractivity contribution in [2.24, 2.45) is 0 Å². The number of amides is 1. The zero-order valence-electron chi connectivity index (χ0n) is 15.2. The first kappa shape index (κ1) is 18.8. The van der Waals surface area contributed by atoms with Gasteiger partial charge >= 0.3 is 0 Å². The van der Waals surface area contributed by atoms with Gasteiger partial charge in [-0.2, -0.15) is 0 Å². The van der Waals surface area contributed by atoms with Crippen molar-refractivity contribution in [1.29, 1.82) is 0 Å². The normalized spacial score (nSPS) is 11.8. The molecule has 1 aliphatic heterocycles. The van der Waals surface area contributed by atoms with Crippen LogP contribution in [0.5, 0.6) is 17.2 Å². The second kappa shape index (κ2) is 7.32. The number of para-hydroxylation sites is 2. The number of rotatable bonds is 3. The standard InChI is InChI=1S/C20H18N2O4.ClH/c1-11-13-8-17-18(26-10-25-17)9-15(13)21-12(2)19(11)20(23)22-14-6-4-5-7-16(14)24-3;/h4-9H,10H2,1-3H3,(H,22,23);1H. The highest BCUT2D eigenvalue weighted by atomic mass is 35.5. The number of fused-ring (bicyclic) bond motifs is 2. The van der Waals surface area contributed by atoms with E-state index in [4.69, 9.17) is 14.2 Å². The molecule has 0 bridgehead atoms. The number of nitrogens with one attached hydrogen (secondary N) is 1. The van der Waals surface area contributed by atoms with Crippen molar-refractivity contribution < 1.29 is 19.0 Å². The van der Waals surface area contributed by atoms with Crippen molar-refractivity contribution in [2.75, 3.05) is 19.2 Å². The average molecular weight is 387 g/mol. The lowest BCUT2D eigenvalue weighted by atomic mass is 10.0. The topological polar surface area (TPSA) is 69.7 Å². The zero-order chi connectivity index (χ0) is 18.3. The minimum atomic E-state index is -0.225. The Kier molecular flexibility index (Phi) is 5.10. The number of anilines is 1. The van der Waals surface area contributed by atoms with E-state index in [-0.39, 0.29) is 25.1 Å². The zero-order valence-corrected chi connectivity index (χ0v) is 16.0. The molecular weight excluding hydrogens is 368 g/mol. The quantitative estimate of drug-likeness (QED) is 0.728. The summed E-state index contributed by atoms with van der Waals surface area (Å²) >= 11 is 0. The van der Waals surface area contributed by atoms with Gasteiger partial charge in [-0.25, -0.2) is 0 Å². The Balaban J connectivity index is 0.00000210. The van der Waals surface area contributed by atoms with Gasteiger partial charge in [0, 0.05) is 11.5 Å². The number of carbonyl (C=O) groups excluding carboxylic acids is 1. The predicted octanol–water partition coefficient (Wildman–Crippen LogP) is 4.26. The summed E-state index contributed by atoms with van der Waals surface area (Å²) in [5.41, 5.74) is 3.43. The van der Waals surface area contributed by atoms with Crippen molar-refractivity contribution in [2.45, 2.75) is 13.8 Å². The summed E-state index contributed by atoms with van der Waals surface area (Å²) in [6, 6.07) is 11.0. The van der Waals surface area contributed by atoms with Crippen LogP contribution in [-0.4, -0.2) is 24.8 Å². The van der Waals surface area contributed by atoms with E-state index < -0.39 is 0 Å². The molecule has 27 heavy (non-hydrogen) atoms. The number of pyridine rings is 1. The molecule has 2 heterocycles. The number of hydrogen-bond donors (Lipinski definition) is 1. The van der Waals surface area contributed by atoms with Crippen molar-refractivity contribution in [3.63, 3.8) is 0 Å². The lowest BCUT2D eigenvalue weighted by Gasteiger charge is -2.14. The van der Waals surface area contributed by atoms with E-state index in [1.165, 1.54) is 0 Å². The molecule has 1 aliphatic rings. The number of nitrogens with zero attached hydrogens (tertiary/aromatic N) is 1. The Morgan fingerprint density at radius 1 is 1.15 bits per heavy atom. The van der Waals surface area contributed by atoms with Crippen LogP contribution in [0.3, 0.4) is 0 Å². The molecule has 0 fully saturated rings. The molecule has 7 heteroatoms. The second-order valence-corrected chi connectivity index (χ2v) is 6.07.